The van der Waals surface area contributed by atoms with Gasteiger partial charge in [-0.1, -0.05) is 0 Å². The van der Waals surface area contributed by atoms with Crippen molar-refractivity contribution >= 4 is 11.6 Å². The standard InChI is InChI=1S/C10H11N5O/c11-7-1-2-8(14-5-7)10(16)15-6-9-12-3-4-13-9/h1-5H,6,11H2,(H,12,13)(H,15,16). The maximum absolute atomic E-state index is 11.6. The first-order chi connectivity index (χ1) is 7.75. The topological polar surface area (TPSA) is 96.7 Å². The molecule has 2 aromatic heterocycles. The smallest absolute Gasteiger partial charge is 0.270 e. The van der Waals surface area contributed by atoms with Crippen LogP contribution in [0, 0.1) is 0 Å². The summed E-state index contributed by atoms with van der Waals surface area (Å²) in [5, 5.41) is 2.68. The number of carbonyl (C=O) groups is 1. The van der Waals surface area contributed by atoms with Gasteiger partial charge in [-0.3, -0.25) is 4.79 Å². The molecule has 0 atom stereocenters. The van der Waals surface area contributed by atoms with Crippen molar-refractivity contribution in [2.75, 3.05) is 5.73 Å². The molecule has 0 aliphatic carbocycles. The first-order valence-electron chi connectivity index (χ1n) is 4.73. The number of hydrogen-bond donors (Lipinski definition) is 3. The molecule has 2 rings (SSSR count). The lowest BCUT2D eigenvalue weighted by atomic mass is 10.3. The zero-order valence-corrected chi connectivity index (χ0v) is 8.47. The molecule has 82 valence electrons. The Morgan fingerprint density at radius 1 is 1.44 bits per heavy atom. The van der Waals surface area contributed by atoms with Crippen molar-refractivity contribution in [2.24, 2.45) is 0 Å². The highest BCUT2D eigenvalue weighted by Crippen LogP contribution is 2.01. The molecule has 0 spiro atoms. The van der Waals surface area contributed by atoms with E-state index in [1.54, 1.807) is 24.5 Å². The molecule has 0 bridgehead atoms. The van der Waals surface area contributed by atoms with Crippen LogP contribution in [-0.2, 0) is 6.54 Å². The molecule has 0 aliphatic rings. The number of aromatic amines is 1. The van der Waals surface area contributed by atoms with E-state index in [0.717, 1.165) is 0 Å². The van der Waals surface area contributed by atoms with E-state index in [9.17, 15) is 4.79 Å². The lowest BCUT2D eigenvalue weighted by Crippen LogP contribution is -2.24. The van der Waals surface area contributed by atoms with Gasteiger partial charge in [-0.05, 0) is 12.1 Å². The van der Waals surface area contributed by atoms with E-state index >= 15 is 0 Å². The Morgan fingerprint density at radius 3 is 2.94 bits per heavy atom. The highest BCUT2D eigenvalue weighted by molar-refractivity contribution is 5.92. The quantitative estimate of drug-likeness (QED) is 0.689. The maximum Gasteiger partial charge on any atom is 0.270 e. The first-order valence-corrected chi connectivity index (χ1v) is 4.73. The SMILES string of the molecule is Nc1ccc(C(=O)NCc2ncc[nH]2)nc1. The summed E-state index contributed by atoms with van der Waals surface area (Å²) in [6.45, 7) is 0.345. The number of rotatable bonds is 3. The largest absolute Gasteiger partial charge is 0.397 e. The number of nitrogen functional groups attached to an aromatic ring is 1. The maximum atomic E-state index is 11.6. The second-order valence-corrected chi connectivity index (χ2v) is 3.20. The summed E-state index contributed by atoms with van der Waals surface area (Å²) in [6.07, 6.45) is 4.77. The molecule has 0 aliphatic heterocycles. The number of aromatic nitrogens is 3. The highest BCUT2D eigenvalue weighted by Gasteiger charge is 2.06. The van der Waals surface area contributed by atoms with Crippen LogP contribution in [-0.4, -0.2) is 20.9 Å². The number of amides is 1. The van der Waals surface area contributed by atoms with Crippen molar-refractivity contribution in [3.8, 4) is 0 Å². The molecule has 0 saturated heterocycles. The molecule has 6 heteroatoms. The Kier molecular flexibility index (Phi) is 2.81. The van der Waals surface area contributed by atoms with Gasteiger partial charge in [-0.2, -0.15) is 0 Å². The van der Waals surface area contributed by atoms with Crippen molar-refractivity contribution in [3.63, 3.8) is 0 Å². The van der Waals surface area contributed by atoms with Crippen LogP contribution in [0.3, 0.4) is 0 Å². The van der Waals surface area contributed by atoms with E-state index in [-0.39, 0.29) is 5.91 Å². The minimum absolute atomic E-state index is 0.253. The van der Waals surface area contributed by atoms with E-state index in [4.69, 9.17) is 5.73 Å². The number of anilines is 1. The second-order valence-electron chi connectivity index (χ2n) is 3.20. The summed E-state index contributed by atoms with van der Waals surface area (Å²) in [7, 11) is 0. The van der Waals surface area contributed by atoms with Crippen molar-refractivity contribution in [3.05, 3.63) is 42.2 Å². The lowest BCUT2D eigenvalue weighted by Gasteiger charge is -2.02. The minimum atomic E-state index is -0.253. The van der Waals surface area contributed by atoms with Gasteiger partial charge in [0.25, 0.3) is 5.91 Å². The number of pyridine rings is 1. The number of hydrogen-bond acceptors (Lipinski definition) is 4. The molecule has 0 radical (unpaired) electrons. The van der Waals surface area contributed by atoms with Crippen molar-refractivity contribution in [1.29, 1.82) is 0 Å². The monoisotopic (exact) mass is 217 g/mol. The predicted molar refractivity (Wildman–Crippen MR) is 58.4 cm³/mol. The van der Waals surface area contributed by atoms with E-state index in [1.807, 2.05) is 0 Å². The number of nitrogens with one attached hydrogen (secondary N) is 2. The van der Waals surface area contributed by atoms with Gasteiger partial charge in [0.2, 0.25) is 0 Å². The second kappa shape index (κ2) is 4.43. The van der Waals surface area contributed by atoms with E-state index < -0.39 is 0 Å². The fourth-order valence-electron chi connectivity index (χ4n) is 1.19. The van der Waals surface area contributed by atoms with Crippen LogP contribution >= 0.6 is 0 Å². The number of imidazole rings is 1. The normalized spacial score (nSPS) is 10.0. The van der Waals surface area contributed by atoms with Gasteiger partial charge in [0.05, 0.1) is 18.4 Å². The summed E-state index contributed by atoms with van der Waals surface area (Å²) in [6, 6.07) is 3.21. The third-order valence-electron chi connectivity index (χ3n) is 1.99. The Morgan fingerprint density at radius 2 is 2.31 bits per heavy atom. The molecule has 0 fully saturated rings. The van der Waals surface area contributed by atoms with E-state index in [1.165, 1.54) is 6.20 Å². The molecular weight excluding hydrogens is 206 g/mol. The average Bonchev–Trinajstić information content (AvgIpc) is 2.80. The molecule has 0 saturated carbocycles. The van der Waals surface area contributed by atoms with Crippen molar-refractivity contribution < 1.29 is 4.79 Å². The summed E-state index contributed by atoms with van der Waals surface area (Å²) in [4.78, 5) is 22.4. The van der Waals surface area contributed by atoms with Gasteiger partial charge in [0, 0.05) is 12.4 Å². The molecule has 6 nitrogen and oxygen atoms in total. The Hall–Kier alpha value is -2.37. The lowest BCUT2D eigenvalue weighted by molar-refractivity contribution is 0.0945. The predicted octanol–water partition coefficient (Wildman–Crippen LogP) is 0.317. The molecular formula is C10H11N5O. The van der Waals surface area contributed by atoms with Crippen LogP contribution in [0.1, 0.15) is 16.3 Å². The van der Waals surface area contributed by atoms with Crippen molar-refractivity contribution in [1.82, 2.24) is 20.3 Å². The molecule has 0 aromatic carbocycles. The van der Waals surface area contributed by atoms with Gasteiger partial charge in [-0.25, -0.2) is 9.97 Å². The van der Waals surface area contributed by atoms with Crippen LogP contribution in [0.25, 0.3) is 0 Å². The first kappa shape index (κ1) is 10.2. The number of nitrogens with zero attached hydrogens (tertiary/aromatic N) is 2. The molecule has 16 heavy (non-hydrogen) atoms. The minimum Gasteiger partial charge on any atom is -0.397 e. The van der Waals surface area contributed by atoms with Crippen LogP contribution in [0.2, 0.25) is 0 Å². The van der Waals surface area contributed by atoms with Gasteiger partial charge in [-0.15, -0.1) is 0 Å². The molecule has 0 unspecified atom stereocenters. The summed E-state index contributed by atoms with van der Waals surface area (Å²) in [5.41, 5.74) is 6.33. The zero-order chi connectivity index (χ0) is 11.4. The number of carbonyl (C=O) groups excluding carboxylic acids is 1. The molecule has 4 N–H and O–H groups in total. The van der Waals surface area contributed by atoms with Gasteiger partial charge in [0.1, 0.15) is 11.5 Å². The number of nitrogens with two attached hydrogens (primary N) is 1. The van der Waals surface area contributed by atoms with Crippen LogP contribution in [0.15, 0.2) is 30.7 Å². The van der Waals surface area contributed by atoms with Gasteiger partial charge >= 0.3 is 0 Å². The zero-order valence-electron chi connectivity index (χ0n) is 8.47. The summed E-state index contributed by atoms with van der Waals surface area (Å²) in [5.74, 6) is 0.445. The van der Waals surface area contributed by atoms with Crippen molar-refractivity contribution in [2.45, 2.75) is 6.54 Å². The average molecular weight is 217 g/mol. The Bertz CT molecular complexity index is 462. The fourth-order valence-corrected chi connectivity index (χ4v) is 1.19. The molecule has 2 aromatic rings. The van der Waals surface area contributed by atoms with E-state index in [2.05, 4.69) is 20.3 Å². The number of H-pyrrole nitrogens is 1. The molecule has 1 amide bonds. The Balaban J connectivity index is 1.95. The third-order valence-corrected chi connectivity index (χ3v) is 1.99. The van der Waals surface area contributed by atoms with Crippen LogP contribution < -0.4 is 11.1 Å². The summed E-state index contributed by atoms with van der Waals surface area (Å²) >= 11 is 0. The van der Waals surface area contributed by atoms with Gasteiger partial charge in [0.15, 0.2) is 0 Å². The van der Waals surface area contributed by atoms with Crippen LogP contribution in [0.5, 0.6) is 0 Å². The third kappa shape index (κ3) is 2.35. The molecule has 2 heterocycles. The highest BCUT2D eigenvalue weighted by atomic mass is 16.1. The van der Waals surface area contributed by atoms with Gasteiger partial charge < -0.3 is 16.0 Å². The fraction of sp³-hybridized carbons (Fsp3) is 0.100. The van der Waals surface area contributed by atoms with E-state index in [0.29, 0.717) is 23.8 Å². The Labute approximate surface area is 91.9 Å². The van der Waals surface area contributed by atoms with Crippen LogP contribution in [0.4, 0.5) is 5.69 Å². The summed E-state index contributed by atoms with van der Waals surface area (Å²) < 4.78 is 0.